The number of nitrogen functional groups attached to an aromatic ring is 1. The SMILES string of the molecule is CN(C(=O)c1cc(Cl)ccc1Br)c1ccc(Br)cc1N. The molecule has 2 aromatic rings. The molecular formula is C14H11Br2ClN2O. The summed E-state index contributed by atoms with van der Waals surface area (Å²) in [5, 5.41) is 0.508. The maximum Gasteiger partial charge on any atom is 0.259 e. The van der Waals surface area contributed by atoms with Crippen LogP contribution < -0.4 is 10.6 Å². The first-order valence-corrected chi connectivity index (χ1v) is 7.64. The zero-order valence-electron chi connectivity index (χ0n) is 10.5. The van der Waals surface area contributed by atoms with Gasteiger partial charge in [0.1, 0.15) is 0 Å². The normalized spacial score (nSPS) is 10.4. The molecule has 20 heavy (non-hydrogen) atoms. The van der Waals surface area contributed by atoms with Crippen LogP contribution in [0.25, 0.3) is 0 Å². The molecule has 0 heterocycles. The second kappa shape index (κ2) is 6.16. The fraction of sp³-hybridized carbons (Fsp3) is 0.0714. The van der Waals surface area contributed by atoms with E-state index in [-0.39, 0.29) is 5.91 Å². The fourth-order valence-electron chi connectivity index (χ4n) is 1.78. The van der Waals surface area contributed by atoms with E-state index in [0.29, 0.717) is 26.4 Å². The van der Waals surface area contributed by atoms with Crippen LogP contribution in [0.15, 0.2) is 45.3 Å². The quantitative estimate of drug-likeness (QED) is 0.717. The van der Waals surface area contributed by atoms with Crippen molar-refractivity contribution in [2.75, 3.05) is 17.7 Å². The van der Waals surface area contributed by atoms with Crippen LogP contribution in [0.5, 0.6) is 0 Å². The lowest BCUT2D eigenvalue weighted by Crippen LogP contribution is -2.27. The van der Waals surface area contributed by atoms with Gasteiger partial charge in [0.05, 0.1) is 16.9 Å². The molecule has 0 aliphatic rings. The van der Waals surface area contributed by atoms with Crippen molar-refractivity contribution in [3.05, 3.63) is 55.9 Å². The molecule has 0 spiro atoms. The molecule has 0 fully saturated rings. The summed E-state index contributed by atoms with van der Waals surface area (Å²) in [6.07, 6.45) is 0. The smallest absolute Gasteiger partial charge is 0.259 e. The van der Waals surface area contributed by atoms with Gasteiger partial charge >= 0.3 is 0 Å². The molecule has 0 radical (unpaired) electrons. The molecule has 0 atom stereocenters. The highest BCUT2D eigenvalue weighted by Crippen LogP contribution is 2.29. The number of benzene rings is 2. The molecule has 2 N–H and O–H groups in total. The number of hydrogen-bond acceptors (Lipinski definition) is 2. The summed E-state index contributed by atoms with van der Waals surface area (Å²) >= 11 is 12.6. The topological polar surface area (TPSA) is 46.3 Å². The second-order valence-electron chi connectivity index (χ2n) is 4.19. The van der Waals surface area contributed by atoms with Crippen LogP contribution in [-0.2, 0) is 0 Å². The number of carbonyl (C=O) groups excluding carboxylic acids is 1. The Labute approximate surface area is 139 Å². The van der Waals surface area contributed by atoms with Crippen LogP contribution in [-0.4, -0.2) is 13.0 Å². The van der Waals surface area contributed by atoms with Crippen LogP contribution in [0, 0.1) is 0 Å². The fourth-order valence-corrected chi connectivity index (χ4v) is 2.75. The Morgan fingerprint density at radius 2 is 1.90 bits per heavy atom. The van der Waals surface area contributed by atoms with Crippen molar-refractivity contribution in [2.45, 2.75) is 0 Å². The van der Waals surface area contributed by atoms with E-state index in [1.807, 2.05) is 6.07 Å². The van der Waals surface area contributed by atoms with Crippen LogP contribution >= 0.6 is 43.5 Å². The van der Waals surface area contributed by atoms with Crippen molar-refractivity contribution in [3.8, 4) is 0 Å². The third-order valence-corrected chi connectivity index (χ3v) is 4.23. The molecule has 104 valence electrons. The number of carbonyl (C=O) groups is 1. The first kappa shape index (κ1) is 15.4. The highest BCUT2D eigenvalue weighted by molar-refractivity contribution is 9.10. The first-order chi connectivity index (χ1) is 9.40. The number of hydrogen-bond donors (Lipinski definition) is 1. The van der Waals surface area contributed by atoms with E-state index in [1.165, 1.54) is 4.90 Å². The van der Waals surface area contributed by atoms with Crippen molar-refractivity contribution in [1.29, 1.82) is 0 Å². The number of rotatable bonds is 2. The number of nitrogens with two attached hydrogens (primary N) is 1. The zero-order valence-corrected chi connectivity index (χ0v) is 14.5. The van der Waals surface area contributed by atoms with Crippen molar-refractivity contribution >= 4 is 60.7 Å². The standard InChI is InChI=1S/C14H11Br2ClN2O/c1-19(13-5-2-8(15)6-12(13)18)14(20)10-7-9(17)3-4-11(10)16/h2-7H,18H2,1H3. The molecule has 6 heteroatoms. The summed E-state index contributed by atoms with van der Waals surface area (Å²) in [5.41, 5.74) is 7.60. The summed E-state index contributed by atoms with van der Waals surface area (Å²) in [5.74, 6) is -0.187. The van der Waals surface area contributed by atoms with Gasteiger partial charge in [-0.05, 0) is 52.3 Å². The van der Waals surface area contributed by atoms with Gasteiger partial charge in [-0.1, -0.05) is 27.5 Å². The van der Waals surface area contributed by atoms with Crippen LogP contribution in [0.4, 0.5) is 11.4 Å². The van der Waals surface area contributed by atoms with Crippen LogP contribution in [0.1, 0.15) is 10.4 Å². The second-order valence-corrected chi connectivity index (χ2v) is 6.40. The minimum atomic E-state index is -0.187. The molecule has 0 aromatic heterocycles. The van der Waals surface area contributed by atoms with Crippen molar-refractivity contribution in [3.63, 3.8) is 0 Å². The van der Waals surface area contributed by atoms with Gasteiger partial charge in [-0.2, -0.15) is 0 Å². The van der Waals surface area contributed by atoms with Gasteiger partial charge in [-0.3, -0.25) is 4.79 Å². The van der Waals surface area contributed by atoms with Gasteiger partial charge in [0.2, 0.25) is 0 Å². The average Bonchev–Trinajstić information content (AvgIpc) is 2.40. The summed E-state index contributed by atoms with van der Waals surface area (Å²) in [4.78, 5) is 14.0. The van der Waals surface area contributed by atoms with Gasteiger partial charge in [-0.15, -0.1) is 0 Å². The number of amides is 1. The summed E-state index contributed by atoms with van der Waals surface area (Å²) in [6.45, 7) is 0. The van der Waals surface area contributed by atoms with Crippen molar-refractivity contribution in [1.82, 2.24) is 0 Å². The van der Waals surface area contributed by atoms with E-state index in [0.717, 1.165) is 4.47 Å². The highest BCUT2D eigenvalue weighted by atomic mass is 79.9. The monoisotopic (exact) mass is 416 g/mol. The summed E-state index contributed by atoms with van der Waals surface area (Å²) in [6, 6.07) is 10.5. The Morgan fingerprint density at radius 1 is 1.20 bits per heavy atom. The molecule has 1 amide bonds. The van der Waals surface area contributed by atoms with Gasteiger partial charge in [0, 0.05) is 21.0 Å². The number of anilines is 2. The molecule has 0 aliphatic heterocycles. The first-order valence-electron chi connectivity index (χ1n) is 5.68. The third kappa shape index (κ3) is 3.16. The lowest BCUT2D eigenvalue weighted by molar-refractivity contribution is 0.0992. The summed E-state index contributed by atoms with van der Waals surface area (Å²) < 4.78 is 1.55. The molecular weight excluding hydrogens is 407 g/mol. The Hall–Kier alpha value is -1.04. The van der Waals surface area contributed by atoms with Gasteiger partial charge in [-0.25, -0.2) is 0 Å². The molecule has 0 saturated heterocycles. The van der Waals surface area contributed by atoms with Crippen LogP contribution in [0.2, 0.25) is 5.02 Å². The molecule has 0 unspecified atom stereocenters. The Morgan fingerprint density at radius 3 is 2.55 bits per heavy atom. The predicted octanol–water partition coefficient (Wildman–Crippen LogP) is 4.72. The minimum absolute atomic E-state index is 0.187. The Kier molecular flexibility index (Phi) is 4.73. The molecule has 0 saturated carbocycles. The van der Waals surface area contributed by atoms with Crippen molar-refractivity contribution in [2.24, 2.45) is 0 Å². The van der Waals surface area contributed by atoms with E-state index in [1.54, 1.807) is 37.4 Å². The average molecular weight is 419 g/mol. The zero-order chi connectivity index (χ0) is 14.9. The minimum Gasteiger partial charge on any atom is -0.397 e. The van der Waals surface area contributed by atoms with E-state index in [2.05, 4.69) is 31.9 Å². The van der Waals surface area contributed by atoms with Gasteiger partial charge in [0.25, 0.3) is 5.91 Å². The Bertz CT molecular complexity index is 676. The third-order valence-electron chi connectivity index (χ3n) is 2.81. The molecule has 3 nitrogen and oxygen atoms in total. The molecule has 0 bridgehead atoms. The van der Waals surface area contributed by atoms with Crippen LogP contribution in [0.3, 0.4) is 0 Å². The van der Waals surface area contributed by atoms with E-state index >= 15 is 0 Å². The Balaban J connectivity index is 2.40. The maximum absolute atomic E-state index is 12.5. The van der Waals surface area contributed by atoms with Gasteiger partial charge < -0.3 is 10.6 Å². The van der Waals surface area contributed by atoms with Gasteiger partial charge in [0.15, 0.2) is 0 Å². The van der Waals surface area contributed by atoms with E-state index < -0.39 is 0 Å². The summed E-state index contributed by atoms with van der Waals surface area (Å²) in [7, 11) is 1.68. The lowest BCUT2D eigenvalue weighted by Gasteiger charge is -2.20. The lowest BCUT2D eigenvalue weighted by atomic mass is 10.2. The highest BCUT2D eigenvalue weighted by Gasteiger charge is 2.18. The maximum atomic E-state index is 12.5. The van der Waals surface area contributed by atoms with Crippen molar-refractivity contribution < 1.29 is 4.79 Å². The molecule has 2 aromatic carbocycles. The number of halogens is 3. The predicted molar refractivity (Wildman–Crippen MR) is 90.4 cm³/mol. The number of nitrogens with zero attached hydrogens (tertiary/aromatic N) is 1. The largest absolute Gasteiger partial charge is 0.397 e. The molecule has 0 aliphatic carbocycles. The van der Waals surface area contributed by atoms with E-state index in [4.69, 9.17) is 17.3 Å². The van der Waals surface area contributed by atoms with E-state index in [9.17, 15) is 4.79 Å². The molecule has 2 rings (SSSR count).